The van der Waals surface area contributed by atoms with Crippen LogP contribution in [0.5, 0.6) is 0 Å². The van der Waals surface area contributed by atoms with E-state index in [2.05, 4.69) is 14.8 Å². The Labute approximate surface area is 211 Å². The van der Waals surface area contributed by atoms with E-state index in [4.69, 9.17) is 11.6 Å². The van der Waals surface area contributed by atoms with Gasteiger partial charge in [-0.3, -0.25) is 9.59 Å². The van der Waals surface area contributed by atoms with E-state index < -0.39 is 20.0 Å². The van der Waals surface area contributed by atoms with Crippen LogP contribution < -0.4 is 19.7 Å². The second-order valence-electron chi connectivity index (χ2n) is 7.42. The fraction of sp³-hybridized carbons (Fsp3) is 0.364. The summed E-state index contributed by atoms with van der Waals surface area (Å²) >= 11 is 5.48. The summed E-state index contributed by atoms with van der Waals surface area (Å²) in [5.74, 6) is 0.390. The van der Waals surface area contributed by atoms with Crippen molar-refractivity contribution in [3.63, 3.8) is 0 Å². The third-order valence-electron chi connectivity index (χ3n) is 5.06. The molecule has 2 aromatic rings. The second-order valence-corrected chi connectivity index (χ2v) is 11.6. The summed E-state index contributed by atoms with van der Waals surface area (Å²) in [4.78, 5) is 25.0. The Balaban J connectivity index is 0.000000247. The fourth-order valence-electron chi connectivity index (χ4n) is 3.13. The molecule has 1 saturated heterocycles. The monoisotopic (exact) mass is 544 g/mol. The number of rotatable bonds is 9. The largest absolute Gasteiger partial charge is 0.326 e. The molecule has 0 bridgehead atoms. The van der Waals surface area contributed by atoms with Crippen LogP contribution in [0.25, 0.3) is 0 Å². The normalized spacial score (nSPS) is 13.8. The number of sulfonamides is 2. The molecule has 35 heavy (non-hydrogen) atoms. The van der Waals surface area contributed by atoms with Gasteiger partial charge in [0.25, 0.3) is 0 Å². The lowest BCUT2D eigenvalue weighted by Gasteiger charge is -2.15. The minimum absolute atomic E-state index is 0.0919. The molecule has 3 N–H and O–H groups in total. The zero-order valence-electron chi connectivity index (χ0n) is 19.5. The molecular weight excluding hydrogens is 516 g/mol. The van der Waals surface area contributed by atoms with Crippen molar-refractivity contribution in [2.45, 2.75) is 35.5 Å². The minimum Gasteiger partial charge on any atom is -0.326 e. The average Bonchev–Trinajstić information content (AvgIpc) is 3.29. The molecule has 1 aliphatic rings. The standard InChI is InChI=1S/C11H15ClN2O3S.C11H14N2O3S/c1-13-18(16,17)10-6-4-9(5-7-10)14-11(15)3-2-8-12;1-12-17(15,16)10-6-4-9(5-7-10)13-8-2-3-11(13)14/h4-7,13H,2-3,8H2,1H3,(H,14,15);4-7,12H,2-3,8H2,1H3. The van der Waals surface area contributed by atoms with Gasteiger partial charge in [-0.15, -0.1) is 11.6 Å². The number of hydrogen-bond acceptors (Lipinski definition) is 6. The molecule has 0 atom stereocenters. The van der Waals surface area contributed by atoms with Crippen molar-refractivity contribution in [1.29, 1.82) is 0 Å². The van der Waals surface area contributed by atoms with E-state index in [-0.39, 0.29) is 21.6 Å². The molecule has 192 valence electrons. The highest BCUT2D eigenvalue weighted by atomic mass is 35.5. The number of carbonyl (C=O) groups is 2. The van der Waals surface area contributed by atoms with Crippen molar-refractivity contribution >= 4 is 54.8 Å². The Bertz CT molecular complexity index is 1220. The third-order valence-corrected chi connectivity index (χ3v) is 8.18. The van der Waals surface area contributed by atoms with Gasteiger partial charge in [0, 0.05) is 36.6 Å². The van der Waals surface area contributed by atoms with E-state index >= 15 is 0 Å². The van der Waals surface area contributed by atoms with Crippen LogP contribution >= 0.6 is 11.6 Å². The predicted octanol–water partition coefficient (Wildman–Crippen LogP) is 2.27. The topological polar surface area (TPSA) is 142 Å². The molecule has 10 nitrogen and oxygen atoms in total. The first-order chi connectivity index (χ1) is 16.5. The molecule has 13 heteroatoms. The maximum Gasteiger partial charge on any atom is 0.240 e. The van der Waals surface area contributed by atoms with Crippen molar-refractivity contribution in [1.82, 2.24) is 9.44 Å². The van der Waals surface area contributed by atoms with Crippen LogP contribution in [0.2, 0.25) is 0 Å². The van der Waals surface area contributed by atoms with E-state index in [1.165, 1.54) is 38.4 Å². The predicted molar refractivity (Wildman–Crippen MR) is 136 cm³/mol. The molecule has 1 fully saturated rings. The summed E-state index contributed by atoms with van der Waals surface area (Å²) in [6.45, 7) is 0.705. The van der Waals surface area contributed by atoms with E-state index in [0.717, 1.165) is 12.1 Å². The number of halogens is 1. The highest BCUT2D eigenvalue weighted by Gasteiger charge is 2.22. The fourth-order valence-corrected chi connectivity index (χ4v) is 4.72. The molecule has 0 aromatic heterocycles. The molecule has 0 radical (unpaired) electrons. The number of anilines is 2. The molecule has 2 aromatic carbocycles. The summed E-state index contributed by atoms with van der Waals surface area (Å²) in [5, 5.41) is 2.66. The first-order valence-corrected chi connectivity index (χ1v) is 14.3. The zero-order valence-corrected chi connectivity index (χ0v) is 21.8. The van der Waals surface area contributed by atoms with Crippen LogP contribution in [0.15, 0.2) is 58.3 Å². The number of nitrogens with one attached hydrogen (secondary N) is 3. The average molecular weight is 545 g/mol. The molecule has 3 rings (SSSR count). The van der Waals surface area contributed by atoms with Gasteiger partial charge in [-0.25, -0.2) is 26.3 Å². The number of hydrogen-bond donors (Lipinski definition) is 3. The zero-order chi connectivity index (χ0) is 26.1. The first kappa shape index (κ1) is 28.7. The first-order valence-electron chi connectivity index (χ1n) is 10.8. The lowest BCUT2D eigenvalue weighted by atomic mass is 10.3. The molecule has 0 aliphatic carbocycles. The van der Waals surface area contributed by atoms with Crippen molar-refractivity contribution in [2.24, 2.45) is 0 Å². The van der Waals surface area contributed by atoms with Crippen molar-refractivity contribution in [3.8, 4) is 0 Å². The Morgan fingerprint density at radius 1 is 0.914 bits per heavy atom. The molecule has 0 saturated carbocycles. The van der Waals surface area contributed by atoms with E-state index in [9.17, 15) is 26.4 Å². The van der Waals surface area contributed by atoms with Crippen LogP contribution in [-0.4, -0.2) is 55.2 Å². The van der Waals surface area contributed by atoms with Crippen LogP contribution in [0, 0.1) is 0 Å². The number of amides is 2. The second kappa shape index (κ2) is 13.0. The van der Waals surface area contributed by atoms with Crippen molar-refractivity contribution in [3.05, 3.63) is 48.5 Å². The van der Waals surface area contributed by atoms with Gasteiger partial charge < -0.3 is 10.2 Å². The maximum atomic E-state index is 11.5. The van der Waals surface area contributed by atoms with Gasteiger partial charge in [0.05, 0.1) is 9.79 Å². The van der Waals surface area contributed by atoms with Gasteiger partial charge in [-0.1, -0.05) is 0 Å². The van der Waals surface area contributed by atoms with Crippen LogP contribution in [0.4, 0.5) is 11.4 Å². The summed E-state index contributed by atoms with van der Waals surface area (Å²) < 4.78 is 50.4. The minimum atomic E-state index is -3.44. The van der Waals surface area contributed by atoms with Crippen LogP contribution in [0.1, 0.15) is 25.7 Å². The Kier molecular flexibility index (Phi) is 10.7. The van der Waals surface area contributed by atoms with E-state index in [1.54, 1.807) is 29.2 Å². The van der Waals surface area contributed by atoms with Crippen molar-refractivity contribution < 1.29 is 26.4 Å². The number of carbonyl (C=O) groups excluding carboxylic acids is 2. The molecule has 1 heterocycles. The van der Waals surface area contributed by atoms with Crippen molar-refractivity contribution in [2.75, 3.05) is 36.7 Å². The smallest absolute Gasteiger partial charge is 0.240 e. The Morgan fingerprint density at radius 2 is 1.43 bits per heavy atom. The SMILES string of the molecule is CNS(=O)(=O)c1ccc(N2CCCC2=O)cc1.CNS(=O)(=O)c1ccc(NC(=O)CCCCl)cc1. The molecule has 1 aliphatic heterocycles. The van der Waals surface area contributed by atoms with Gasteiger partial charge in [0.1, 0.15) is 0 Å². The molecule has 2 amide bonds. The quantitative estimate of drug-likeness (QED) is 0.413. The van der Waals surface area contributed by atoms with Gasteiger partial charge in [0.2, 0.25) is 31.9 Å². The number of nitrogens with zero attached hydrogens (tertiary/aromatic N) is 1. The molecule has 0 spiro atoms. The van der Waals surface area contributed by atoms with Gasteiger partial charge in [-0.05, 0) is 75.5 Å². The van der Waals surface area contributed by atoms with E-state index in [1.807, 2.05) is 0 Å². The van der Waals surface area contributed by atoms with Crippen LogP contribution in [0.3, 0.4) is 0 Å². The van der Waals surface area contributed by atoms with Gasteiger partial charge in [0.15, 0.2) is 0 Å². The van der Waals surface area contributed by atoms with Crippen LogP contribution in [-0.2, 0) is 29.6 Å². The highest BCUT2D eigenvalue weighted by Crippen LogP contribution is 2.22. The molecule has 0 unspecified atom stereocenters. The highest BCUT2D eigenvalue weighted by molar-refractivity contribution is 7.89. The number of benzene rings is 2. The third kappa shape index (κ3) is 8.29. The van der Waals surface area contributed by atoms with Gasteiger partial charge >= 0.3 is 0 Å². The Hall–Kier alpha value is -2.51. The lowest BCUT2D eigenvalue weighted by molar-refractivity contribution is -0.117. The summed E-state index contributed by atoms with van der Waals surface area (Å²) in [7, 11) is -4.13. The lowest BCUT2D eigenvalue weighted by Crippen LogP contribution is -2.24. The number of alkyl halides is 1. The van der Waals surface area contributed by atoms with Gasteiger partial charge in [-0.2, -0.15) is 0 Å². The molecular formula is C22H29ClN4O6S2. The maximum absolute atomic E-state index is 11.5. The van der Waals surface area contributed by atoms with E-state index in [0.29, 0.717) is 37.4 Å². The summed E-state index contributed by atoms with van der Waals surface area (Å²) in [6, 6.07) is 12.3. The summed E-state index contributed by atoms with van der Waals surface area (Å²) in [5.41, 5.74) is 1.31. The summed E-state index contributed by atoms with van der Waals surface area (Å²) in [6.07, 6.45) is 2.38. The Morgan fingerprint density at radius 3 is 1.86 bits per heavy atom.